The number of carbonyl (C=O) groups excluding carboxylic acids is 1. The number of hydrogen-bond acceptors (Lipinski definition) is 4. The van der Waals surface area contributed by atoms with Crippen molar-refractivity contribution >= 4 is 5.78 Å². The van der Waals surface area contributed by atoms with Crippen molar-refractivity contribution in [3.63, 3.8) is 0 Å². The van der Waals surface area contributed by atoms with Gasteiger partial charge in [0.25, 0.3) is 0 Å². The van der Waals surface area contributed by atoms with Gasteiger partial charge in [0.1, 0.15) is 5.78 Å². The van der Waals surface area contributed by atoms with Gasteiger partial charge in [-0.05, 0) is 13.8 Å². The Morgan fingerprint density at radius 2 is 2.11 bits per heavy atom. The summed E-state index contributed by atoms with van der Waals surface area (Å²) in [5, 5.41) is 0. The molecule has 2 heterocycles. The Morgan fingerprint density at radius 1 is 1.33 bits per heavy atom. The molecule has 0 N–H and O–H groups in total. The van der Waals surface area contributed by atoms with E-state index in [9.17, 15) is 4.79 Å². The highest BCUT2D eigenvalue weighted by atomic mass is 16.5. The van der Waals surface area contributed by atoms with E-state index in [1.165, 1.54) is 0 Å². The summed E-state index contributed by atoms with van der Waals surface area (Å²) in [7, 11) is 0. The number of piperidine rings is 1. The van der Waals surface area contributed by atoms with E-state index in [1.807, 2.05) is 6.92 Å². The number of morpholine rings is 1. The first-order chi connectivity index (χ1) is 8.56. The Labute approximate surface area is 110 Å². The number of hydrogen-bond donors (Lipinski definition) is 0. The zero-order chi connectivity index (χ0) is 13.1. The van der Waals surface area contributed by atoms with Gasteiger partial charge in [-0.3, -0.25) is 14.6 Å². The summed E-state index contributed by atoms with van der Waals surface area (Å²) < 4.78 is 5.85. The van der Waals surface area contributed by atoms with Crippen molar-refractivity contribution in [3.05, 3.63) is 0 Å². The number of ether oxygens (including phenoxy) is 1. The molecule has 0 aliphatic carbocycles. The molecule has 104 valence electrons. The Hall–Kier alpha value is -0.450. The zero-order valence-electron chi connectivity index (χ0n) is 11.9. The minimum absolute atomic E-state index is 0.198. The second kappa shape index (κ2) is 6.13. The molecule has 0 aromatic carbocycles. The molecule has 0 amide bonds. The summed E-state index contributed by atoms with van der Waals surface area (Å²) >= 11 is 0. The van der Waals surface area contributed by atoms with Crippen LogP contribution < -0.4 is 0 Å². The van der Waals surface area contributed by atoms with Crippen LogP contribution in [0.2, 0.25) is 0 Å². The third-order valence-electron chi connectivity index (χ3n) is 4.12. The number of likely N-dealkylation sites (tertiary alicyclic amines) is 1. The third-order valence-corrected chi connectivity index (χ3v) is 4.12. The van der Waals surface area contributed by atoms with Gasteiger partial charge in [0.2, 0.25) is 0 Å². The van der Waals surface area contributed by atoms with E-state index in [0.29, 0.717) is 24.3 Å². The molecular weight excluding hydrogens is 228 g/mol. The molecule has 2 fully saturated rings. The fourth-order valence-electron chi connectivity index (χ4n) is 2.87. The van der Waals surface area contributed by atoms with Gasteiger partial charge in [0.15, 0.2) is 0 Å². The van der Waals surface area contributed by atoms with Crippen LogP contribution in [0, 0.1) is 5.92 Å². The van der Waals surface area contributed by atoms with Gasteiger partial charge in [-0.1, -0.05) is 6.92 Å². The normalized spacial score (nSPS) is 32.1. The maximum Gasteiger partial charge on any atom is 0.138 e. The molecule has 0 spiro atoms. The van der Waals surface area contributed by atoms with Crippen molar-refractivity contribution in [2.45, 2.75) is 39.3 Å². The largest absolute Gasteiger partial charge is 0.374 e. The minimum atomic E-state index is 0.198. The number of Topliss-reactive ketones (excluding diaryl/α,β-unsaturated/α-hetero) is 1. The molecule has 2 aliphatic rings. The van der Waals surface area contributed by atoms with Gasteiger partial charge >= 0.3 is 0 Å². The summed E-state index contributed by atoms with van der Waals surface area (Å²) in [6.07, 6.45) is 1.02. The van der Waals surface area contributed by atoms with Crippen LogP contribution in [0.4, 0.5) is 0 Å². The third kappa shape index (κ3) is 3.53. The van der Waals surface area contributed by atoms with Crippen LogP contribution in [0.25, 0.3) is 0 Å². The first-order valence-electron chi connectivity index (χ1n) is 7.17. The van der Waals surface area contributed by atoms with Gasteiger partial charge in [-0.15, -0.1) is 0 Å². The molecule has 2 saturated heterocycles. The molecule has 18 heavy (non-hydrogen) atoms. The monoisotopic (exact) mass is 254 g/mol. The smallest absolute Gasteiger partial charge is 0.138 e. The minimum Gasteiger partial charge on any atom is -0.374 e. The van der Waals surface area contributed by atoms with Crippen molar-refractivity contribution in [3.8, 4) is 0 Å². The van der Waals surface area contributed by atoms with E-state index in [-0.39, 0.29) is 5.92 Å². The first kappa shape index (κ1) is 14.0. The van der Waals surface area contributed by atoms with Crippen molar-refractivity contribution in [2.75, 3.05) is 39.3 Å². The van der Waals surface area contributed by atoms with Crippen LogP contribution in [-0.2, 0) is 9.53 Å². The van der Waals surface area contributed by atoms with Gasteiger partial charge in [-0.2, -0.15) is 0 Å². The fraction of sp³-hybridized carbons (Fsp3) is 0.929. The highest BCUT2D eigenvalue weighted by Gasteiger charge is 2.28. The van der Waals surface area contributed by atoms with Crippen LogP contribution in [0.15, 0.2) is 0 Å². The molecule has 0 aromatic heterocycles. The first-order valence-corrected chi connectivity index (χ1v) is 7.17. The lowest BCUT2D eigenvalue weighted by Crippen LogP contribution is -2.51. The Kier molecular flexibility index (Phi) is 4.76. The summed E-state index contributed by atoms with van der Waals surface area (Å²) in [6.45, 7) is 12.2. The van der Waals surface area contributed by atoms with Crippen molar-refractivity contribution in [2.24, 2.45) is 5.92 Å². The molecule has 2 unspecified atom stereocenters. The van der Waals surface area contributed by atoms with Crippen LogP contribution in [0.1, 0.15) is 27.2 Å². The molecule has 2 rings (SSSR count). The Morgan fingerprint density at radius 3 is 2.78 bits per heavy atom. The van der Waals surface area contributed by atoms with Gasteiger partial charge in [-0.25, -0.2) is 0 Å². The van der Waals surface area contributed by atoms with Crippen LogP contribution >= 0.6 is 0 Å². The number of carbonyl (C=O) groups is 1. The molecule has 4 heteroatoms. The standard InChI is InChI=1S/C14H26N2O2/c1-11(2)16-6-7-18-13(10-16)9-15-5-4-14(17)12(3)8-15/h11-13H,4-10H2,1-3H3. The van der Waals surface area contributed by atoms with E-state index in [1.54, 1.807) is 0 Å². The maximum absolute atomic E-state index is 11.5. The van der Waals surface area contributed by atoms with E-state index in [4.69, 9.17) is 4.74 Å². The molecule has 0 saturated carbocycles. The molecule has 0 bridgehead atoms. The Balaban J connectivity index is 1.80. The average Bonchev–Trinajstić information content (AvgIpc) is 2.34. The highest BCUT2D eigenvalue weighted by Crippen LogP contribution is 2.15. The van der Waals surface area contributed by atoms with E-state index >= 15 is 0 Å². The summed E-state index contributed by atoms with van der Waals surface area (Å²) in [5.41, 5.74) is 0. The number of nitrogens with zero attached hydrogens (tertiary/aromatic N) is 2. The topological polar surface area (TPSA) is 32.8 Å². The second-order valence-corrected chi connectivity index (χ2v) is 5.96. The SMILES string of the molecule is CC1CN(CC2CN(C(C)C)CCO2)CCC1=O. The maximum atomic E-state index is 11.5. The predicted molar refractivity (Wildman–Crippen MR) is 71.7 cm³/mol. The lowest BCUT2D eigenvalue weighted by molar-refractivity contribution is -0.126. The zero-order valence-corrected chi connectivity index (χ0v) is 11.9. The van der Waals surface area contributed by atoms with Gasteiger partial charge in [0.05, 0.1) is 12.7 Å². The summed E-state index contributed by atoms with van der Waals surface area (Å²) in [4.78, 5) is 16.4. The Bertz CT molecular complexity index is 294. The molecule has 4 nitrogen and oxygen atoms in total. The number of ketones is 1. The fourth-order valence-corrected chi connectivity index (χ4v) is 2.87. The molecule has 0 aromatic rings. The van der Waals surface area contributed by atoms with E-state index in [0.717, 1.165) is 39.3 Å². The lowest BCUT2D eigenvalue weighted by Gasteiger charge is -2.39. The average molecular weight is 254 g/mol. The van der Waals surface area contributed by atoms with E-state index < -0.39 is 0 Å². The van der Waals surface area contributed by atoms with Crippen LogP contribution in [0.3, 0.4) is 0 Å². The van der Waals surface area contributed by atoms with Crippen molar-refractivity contribution < 1.29 is 9.53 Å². The highest BCUT2D eigenvalue weighted by molar-refractivity contribution is 5.81. The molecule has 2 atom stereocenters. The van der Waals surface area contributed by atoms with Crippen LogP contribution in [0.5, 0.6) is 0 Å². The summed E-state index contributed by atoms with van der Waals surface area (Å²) in [5.74, 6) is 0.614. The predicted octanol–water partition coefficient (Wildman–Crippen LogP) is 1.01. The number of rotatable bonds is 3. The van der Waals surface area contributed by atoms with Crippen LogP contribution in [-0.4, -0.2) is 67.1 Å². The quantitative estimate of drug-likeness (QED) is 0.752. The van der Waals surface area contributed by atoms with Crippen molar-refractivity contribution in [1.29, 1.82) is 0 Å². The van der Waals surface area contributed by atoms with Gasteiger partial charge < -0.3 is 4.74 Å². The molecular formula is C14H26N2O2. The van der Waals surface area contributed by atoms with E-state index in [2.05, 4.69) is 23.6 Å². The molecule has 0 radical (unpaired) electrons. The summed E-state index contributed by atoms with van der Waals surface area (Å²) in [6, 6.07) is 0.596. The van der Waals surface area contributed by atoms with Gasteiger partial charge in [0, 0.05) is 51.1 Å². The molecule has 2 aliphatic heterocycles. The lowest BCUT2D eigenvalue weighted by atomic mass is 9.98. The van der Waals surface area contributed by atoms with Crippen molar-refractivity contribution in [1.82, 2.24) is 9.80 Å². The second-order valence-electron chi connectivity index (χ2n) is 5.96.